The fraction of sp³-hybridized carbons (Fsp3) is 0.105. The molecule has 0 aliphatic rings. The van der Waals surface area contributed by atoms with E-state index >= 15 is 0 Å². The van der Waals surface area contributed by atoms with E-state index in [9.17, 15) is 14.4 Å². The molecule has 0 saturated carbocycles. The van der Waals surface area contributed by atoms with Gasteiger partial charge in [0.05, 0.1) is 21.8 Å². The second-order valence-electron chi connectivity index (χ2n) is 5.61. The number of anilines is 2. The van der Waals surface area contributed by atoms with Gasteiger partial charge in [0, 0.05) is 5.56 Å². The average molecular weight is 368 g/mol. The molecule has 7 heteroatoms. The Bertz CT molecular complexity index is 973. The van der Waals surface area contributed by atoms with Crippen LogP contribution in [0.2, 0.25) is 0 Å². The van der Waals surface area contributed by atoms with Crippen molar-refractivity contribution < 1.29 is 18.8 Å². The molecule has 1 aromatic carbocycles. The predicted octanol–water partition coefficient (Wildman–Crippen LogP) is 4.36. The van der Waals surface area contributed by atoms with Gasteiger partial charge in [0.15, 0.2) is 11.5 Å². The van der Waals surface area contributed by atoms with Gasteiger partial charge in [0.25, 0.3) is 11.8 Å². The molecule has 0 unspecified atom stereocenters. The zero-order chi connectivity index (χ0) is 18.7. The van der Waals surface area contributed by atoms with Crippen LogP contribution in [0.15, 0.2) is 53.1 Å². The average Bonchev–Trinajstić information content (AvgIpc) is 3.25. The number of rotatable bonds is 5. The Kier molecular flexibility index (Phi) is 4.99. The van der Waals surface area contributed by atoms with Gasteiger partial charge in [0.1, 0.15) is 0 Å². The lowest BCUT2D eigenvalue weighted by molar-refractivity contribution is 0.0992. The van der Waals surface area contributed by atoms with Crippen molar-refractivity contribution in [3.05, 3.63) is 70.5 Å². The van der Waals surface area contributed by atoms with Crippen LogP contribution in [0.25, 0.3) is 0 Å². The number of carbonyl (C=O) groups excluding carboxylic acids is 3. The number of hydrogen-bond acceptors (Lipinski definition) is 5. The third-order valence-electron chi connectivity index (χ3n) is 3.66. The zero-order valence-corrected chi connectivity index (χ0v) is 15.0. The van der Waals surface area contributed by atoms with Gasteiger partial charge in [-0.3, -0.25) is 14.4 Å². The Balaban J connectivity index is 1.78. The van der Waals surface area contributed by atoms with E-state index in [4.69, 9.17) is 4.42 Å². The SMILES string of the molecule is CC(=O)c1ccccc1NC(=O)c1sc(NC(=O)c2ccco2)cc1C. The fourth-order valence-corrected chi connectivity index (χ4v) is 3.39. The van der Waals surface area contributed by atoms with Crippen molar-refractivity contribution in [2.75, 3.05) is 10.6 Å². The summed E-state index contributed by atoms with van der Waals surface area (Å²) < 4.78 is 5.05. The zero-order valence-electron chi connectivity index (χ0n) is 14.2. The lowest BCUT2D eigenvalue weighted by atomic mass is 10.1. The lowest BCUT2D eigenvalue weighted by Crippen LogP contribution is -2.13. The van der Waals surface area contributed by atoms with Gasteiger partial charge >= 0.3 is 0 Å². The highest BCUT2D eigenvalue weighted by molar-refractivity contribution is 7.18. The number of thiophene rings is 1. The maximum absolute atomic E-state index is 12.6. The first-order chi connectivity index (χ1) is 12.5. The van der Waals surface area contributed by atoms with Gasteiger partial charge in [0.2, 0.25) is 0 Å². The standard InChI is InChI=1S/C19H16N2O4S/c1-11-10-16(21-18(23)15-8-5-9-25-15)26-17(11)19(24)20-14-7-4-3-6-13(14)12(2)22/h3-10H,1-2H3,(H,20,24)(H,21,23). The quantitative estimate of drug-likeness (QED) is 0.655. The van der Waals surface area contributed by atoms with Gasteiger partial charge in [-0.2, -0.15) is 0 Å². The number of hydrogen-bond donors (Lipinski definition) is 2. The monoisotopic (exact) mass is 368 g/mol. The summed E-state index contributed by atoms with van der Waals surface area (Å²) in [6.07, 6.45) is 1.42. The molecule has 2 heterocycles. The summed E-state index contributed by atoms with van der Waals surface area (Å²) in [6.45, 7) is 3.23. The number of benzene rings is 1. The number of amides is 2. The van der Waals surface area contributed by atoms with Crippen LogP contribution in [0.4, 0.5) is 10.7 Å². The first kappa shape index (κ1) is 17.6. The maximum Gasteiger partial charge on any atom is 0.291 e. The van der Waals surface area contributed by atoms with Crippen LogP contribution in [0, 0.1) is 6.92 Å². The Morgan fingerprint density at radius 1 is 1.00 bits per heavy atom. The largest absolute Gasteiger partial charge is 0.459 e. The minimum atomic E-state index is -0.384. The third kappa shape index (κ3) is 3.73. The Hall–Kier alpha value is -3.19. The minimum Gasteiger partial charge on any atom is -0.459 e. The second kappa shape index (κ2) is 7.37. The topological polar surface area (TPSA) is 88.4 Å². The number of Topliss-reactive ketones (excluding diaryl/α,β-unsaturated/α-hetero) is 1. The number of furan rings is 1. The van der Waals surface area contributed by atoms with E-state index < -0.39 is 0 Å². The predicted molar refractivity (Wildman–Crippen MR) is 100 cm³/mol. The van der Waals surface area contributed by atoms with Crippen LogP contribution in [0.1, 0.15) is 43.1 Å². The Labute approximate surface area is 153 Å². The Morgan fingerprint density at radius 3 is 2.46 bits per heavy atom. The molecule has 0 aliphatic carbocycles. The van der Waals surface area contributed by atoms with Crippen LogP contribution >= 0.6 is 11.3 Å². The first-order valence-electron chi connectivity index (χ1n) is 7.82. The molecule has 6 nitrogen and oxygen atoms in total. The van der Waals surface area contributed by atoms with Crippen LogP contribution in [0.3, 0.4) is 0 Å². The summed E-state index contributed by atoms with van der Waals surface area (Å²) in [5.41, 5.74) is 1.63. The molecule has 0 radical (unpaired) electrons. The second-order valence-corrected chi connectivity index (χ2v) is 6.66. The van der Waals surface area contributed by atoms with Crippen molar-refractivity contribution in [2.24, 2.45) is 0 Å². The van der Waals surface area contributed by atoms with Crippen molar-refractivity contribution in [2.45, 2.75) is 13.8 Å². The highest BCUT2D eigenvalue weighted by Crippen LogP contribution is 2.28. The van der Waals surface area contributed by atoms with Gasteiger partial charge in [-0.25, -0.2) is 0 Å². The molecule has 2 amide bonds. The van der Waals surface area contributed by atoms with Crippen LogP contribution < -0.4 is 10.6 Å². The van der Waals surface area contributed by atoms with Gasteiger partial charge in [-0.05, 0) is 49.7 Å². The summed E-state index contributed by atoms with van der Waals surface area (Å²) in [4.78, 5) is 36.8. The first-order valence-corrected chi connectivity index (χ1v) is 8.64. The molecular weight excluding hydrogens is 352 g/mol. The third-order valence-corrected chi connectivity index (χ3v) is 4.81. The van der Waals surface area contributed by atoms with E-state index in [1.54, 1.807) is 49.4 Å². The highest BCUT2D eigenvalue weighted by Gasteiger charge is 2.18. The van der Waals surface area contributed by atoms with E-state index in [1.807, 2.05) is 0 Å². The molecule has 26 heavy (non-hydrogen) atoms. The summed E-state index contributed by atoms with van der Waals surface area (Å²) in [5, 5.41) is 6.00. The molecule has 0 atom stereocenters. The molecule has 132 valence electrons. The molecule has 3 aromatic rings. The van der Waals surface area contributed by atoms with E-state index in [1.165, 1.54) is 13.2 Å². The summed E-state index contributed by atoms with van der Waals surface area (Å²) >= 11 is 1.16. The van der Waals surface area contributed by atoms with Gasteiger partial charge in [-0.1, -0.05) is 12.1 Å². The highest BCUT2D eigenvalue weighted by atomic mass is 32.1. The van der Waals surface area contributed by atoms with E-state index in [2.05, 4.69) is 10.6 Å². The molecule has 0 saturated heterocycles. The number of nitrogens with one attached hydrogen (secondary N) is 2. The van der Waals surface area contributed by atoms with E-state index in [-0.39, 0.29) is 23.4 Å². The van der Waals surface area contributed by atoms with Crippen LogP contribution in [-0.2, 0) is 0 Å². The molecule has 3 rings (SSSR count). The van der Waals surface area contributed by atoms with Gasteiger partial charge < -0.3 is 15.1 Å². The fourth-order valence-electron chi connectivity index (χ4n) is 2.43. The van der Waals surface area contributed by atoms with Crippen molar-refractivity contribution in [1.29, 1.82) is 0 Å². The minimum absolute atomic E-state index is 0.129. The molecule has 0 aliphatic heterocycles. The molecule has 2 N–H and O–H groups in total. The molecule has 0 fully saturated rings. The normalized spacial score (nSPS) is 10.4. The van der Waals surface area contributed by atoms with E-state index in [0.29, 0.717) is 21.1 Å². The maximum atomic E-state index is 12.6. The summed E-state index contributed by atoms with van der Waals surface area (Å²) in [7, 11) is 0. The number of carbonyl (C=O) groups is 3. The van der Waals surface area contributed by atoms with Crippen LogP contribution in [-0.4, -0.2) is 17.6 Å². The van der Waals surface area contributed by atoms with Crippen molar-refractivity contribution in [3.63, 3.8) is 0 Å². The molecule has 2 aromatic heterocycles. The number of aryl methyl sites for hydroxylation is 1. The van der Waals surface area contributed by atoms with Gasteiger partial charge in [-0.15, -0.1) is 11.3 Å². The van der Waals surface area contributed by atoms with Crippen molar-refractivity contribution >= 4 is 39.6 Å². The van der Waals surface area contributed by atoms with Crippen molar-refractivity contribution in [3.8, 4) is 0 Å². The molecule has 0 spiro atoms. The Morgan fingerprint density at radius 2 is 1.77 bits per heavy atom. The number of ketones is 1. The van der Waals surface area contributed by atoms with E-state index in [0.717, 1.165) is 16.9 Å². The van der Waals surface area contributed by atoms with Crippen molar-refractivity contribution in [1.82, 2.24) is 0 Å². The van der Waals surface area contributed by atoms with Crippen LogP contribution in [0.5, 0.6) is 0 Å². The number of para-hydroxylation sites is 1. The lowest BCUT2D eigenvalue weighted by Gasteiger charge is -2.08. The summed E-state index contributed by atoms with van der Waals surface area (Å²) in [6, 6.07) is 11.7. The smallest absolute Gasteiger partial charge is 0.291 e. The molecule has 0 bridgehead atoms. The summed E-state index contributed by atoms with van der Waals surface area (Å²) in [5.74, 6) is -0.655. The molecular formula is C19H16N2O4S.